The predicted molar refractivity (Wildman–Crippen MR) is 40.5 cm³/mol. The molecule has 1 fully saturated rings. The summed E-state index contributed by atoms with van der Waals surface area (Å²) >= 11 is 0. The number of carbonyl (C=O) groups excluding carboxylic acids is 1. The molecule has 0 aromatic carbocycles. The average Bonchev–Trinajstić information content (AvgIpc) is 1.81. The molecule has 1 heterocycles. The molecule has 0 spiro atoms. The van der Waals surface area contributed by atoms with Crippen molar-refractivity contribution in [2.45, 2.75) is 11.8 Å². The second kappa shape index (κ2) is 2.78. The molecule has 0 aromatic rings. The Balaban J connectivity index is 2.99. The van der Waals surface area contributed by atoms with E-state index in [9.17, 15) is 9.36 Å². The number of rotatable bonds is 3. The second-order valence-electron chi connectivity index (χ2n) is 2.50. The van der Waals surface area contributed by atoms with Crippen molar-refractivity contribution in [3.05, 3.63) is 12.7 Å². The Morgan fingerprint density at radius 1 is 1.67 bits per heavy atom. The first-order chi connectivity index (χ1) is 5.44. The Morgan fingerprint density at radius 3 is 2.25 bits per heavy atom. The molecule has 1 rings (SSSR count). The molecule has 0 amide bonds. The van der Waals surface area contributed by atoms with Crippen molar-refractivity contribution < 1.29 is 23.9 Å². The van der Waals surface area contributed by atoms with Gasteiger partial charge >= 0.3 is 7.60 Å². The SMILES string of the molecule is C=CC(=O)C1(P(=O)(O)O)CCO1. The van der Waals surface area contributed by atoms with Crippen LogP contribution in [-0.4, -0.2) is 27.5 Å². The quantitative estimate of drug-likeness (QED) is 0.487. The number of hydrogen-bond acceptors (Lipinski definition) is 3. The number of ketones is 1. The maximum Gasteiger partial charge on any atom is 0.365 e. The molecule has 1 atom stereocenters. The summed E-state index contributed by atoms with van der Waals surface area (Å²) in [7, 11) is -4.52. The summed E-state index contributed by atoms with van der Waals surface area (Å²) < 4.78 is 15.5. The maximum absolute atomic E-state index is 11.0. The summed E-state index contributed by atoms with van der Waals surface area (Å²) in [6, 6.07) is 0. The largest absolute Gasteiger partial charge is 0.365 e. The Labute approximate surface area is 69.2 Å². The van der Waals surface area contributed by atoms with Crippen LogP contribution in [-0.2, 0) is 14.1 Å². The summed E-state index contributed by atoms with van der Waals surface area (Å²) in [5.41, 5.74) is 0. The molecule has 1 aliphatic heterocycles. The summed E-state index contributed by atoms with van der Waals surface area (Å²) in [5.74, 6) is -0.748. The van der Waals surface area contributed by atoms with E-state index in [0.29, 0.717) is 0 Å². The van der Waals surface area contributed by atoms with Gasteiger partial charge in [0.25, 0.3) is 0 Å². The molecule has 0 saturated carbocycles. The van der Waals surface area contributed by atoms with Gasteiger partial charge in [-0.3, -0.25) is 9.36 Å². The zero-order valence-electron chi connectivity index (χ0n) is 6.27. The van der Waals surface area contributed by atoms with Gasteiger partial charge in [-0.15, -0.1) is 0 Å². The van der Waals surface area contributed by atoms with Gasteiger partial charge in [-0.05, 0) is 6.08 Å². The van der Waals surface area contributed by atoms with Crippen LogP contribution in [0.5, 0.6) is 0 Å². The highest BCUT2D eigenvalue weighted by Crippen LogP contribution is 2.57. The zero-order chi connectivity index (χ0) is 9.41. The lowest BCUT2D eigenvalue weighted by Crippen LogP contribution is -2.49. The molecule has 0 bridgehead atoms. The van der Waals surface area contributed by atoms with Crippen LogP contribution in [0, 0.1) is 0 Å². The highest BCUT2D eigenvalue weighted by atomic mass is 31.2. The number of hydrogen-bond donors (Lipinski definition) is 2. The molecule has 2 N–H and O–H groups in total. The molecule has 5 nitrogen and oxygen atoms in total. The molecule has 1 aliphatic rings. The van der Waals surface area contributed by atoms with Gasteiger partial charge in [-0.2, -0.15) is 0 Å². The first kappa shape index (κ1) is 9.61. The molecule has 68 valence electrons. The van der Waals surface area contributed by atoms with Crippen molar-refractivity contribution >= 4 is 13.4 Å². The van der Waals surface area contributed by atoms with Crippen LogP contribution in [0.4, 0.5) is 0 Å². The van der Waals surface area contributed by atoms with Gasteiger partial charge in [0.05, 0.1) is 6.61 Å². The van der Waals surface area contributed by atoms with E-state index in [4.69, 9.17) is 9.79 Å². The summed E-state index contributed by atoms with van der Waals surface area (Å²) in [4.78, 5) is 28.6. The van der Waals surface area contributed by atoms with Gasteiger partial charge in [0.2, 0.25) is 5.34 Å². The van der Waals surface area contributed by atoms with Crippen LogP contribution in [0.2, 0.25) is 0 Å². The fourth-order valence-corrected chi connectivity index (χ4v) is 2.04. The van der Waals surface area contributed by atoms with Gasteiger partial charge in [0.15, 0.2) is 5.78 Å². The molecule has 0 radical (unpaired) electrons. The zero-order valence-corrected chi connectivity index (χ0v) is 7.16. The highest BCUT2D eigenvalue weighted by Gasteiger charge is 2.58. The Kier molecular flexibility index (Phi) is 2.23. The Hall–Kier alpha value is -0.480. The van der Waals surface area contributed by atoms with E-state index in [-0.39, 0.29) is 13.0 Å². The molecule has 0 aromatic heterocycles. The third-order valence-corrected chi connectivity index (χ3v) is 3.34. The summed E-state index contributed by atoms with van der Waals surface area (Å²) in [6.07, 6.45) is 0.931. The first-order valence-corrected chi connectivity index (χ1v) is 4.92. The molecular weight excluding hydrogens is 183 g/mol. The molecule has 12 heavy (non-hydrogen) atoms. The lowest BCUT2D eigenvalue weighted by atomic mass is 10.1. The molecular formula is C6H9O5P. The van der Waals surface area contributed by atoms with E-state index in [1.54, 1.807) is 0 Å². The fraction of sp³-hybridized carbons (Fsp3) is 0.500. The van der Waals surface area contributed by atoms with Gasteiger partial charge in [-0.25, -0.2) is 0 Å². The van der Waals surface area contributed by atoms with Crippen molar-refractivity contribution in [2.75, 3.05) is 6.61 Å². The van der Waals surface area contributed by atoms with Crippen LogP contribution in [0.1, 0.15) is 6.42 Å². The van der Waals surface area contributed by atoms with Crippen LogP contribution in [0.15, 0.2) is 12.7 Å². The van der Waals surface area contributed by atoms with Crippen LogP contribution >= 0.6 is 7.60 Å². The smallest absolute Gasteiger partial charge is 0.355 e. The van der Waals surface area contributed by atoms with Crippen LogP contribution < -0.4 is 0 Å². The Morgan fingerprint density at radius 2 is 2.17 bits per heavy atom. The van der Waals surface area contributed by atoms with Gasteiger partial charge in [0.1, 0.15) is 0 Å². The first-order valence-electron chi connectivity index (χ1n) is 3.30. The lowest BCUT2D eigenvalue weighted by molar-refractivity contribution is -0.150. The average molecular weight is 192 g/mol. The number of ether oxygens (including phenoxy) is 1. The minimum atomic E-state index is -4.52. The molecule has 0 aliphatic carbocycles. The third kappa shape index (κ3) is 1.15. The van der Waals surface area contributed by atoms with Gasteiger partial charge < -0.3 is 14.5 Å². The normalized spacial score (nSPS) is 29.2. The topological polar surface area (TPSA) is 83.8 Å². The lowest BCUT2D eigenvalue weighted by Gasteiger charge is -2.39. The maximum atomic E-state index is 11.0. The van der Waals surface area contributed by atoms with Crippen molar-refractivity contribution in [1.82, 2.24) is 0 Å². The molecule has 6 heteroatoms. The predicted octanol–water partition coefficient (Wildman–Crippen LogP) is 0.0358. The van der Waals surface area contributed by atoms with Crippen molar-refractivity contribution in [3.63, 3.8) is 0 Å². The van der Waals surface area contributed by atoms with Gasteiger partial charge in [0, 0.05) is 6.42 Å². The van der Waals surface area contributed by atoms with Crippen molar-refractivity contribution in [2.24, 2.45) is 0 Å². The van der Waals surface area contributed by atoms with E-state index < -0.39 is 18.7 Å². The Bertz CT molecular complexity index is 261. The second-order valence-corrected chi connectivity index (χ2v) is 4.31. The van der Waals surface area contributed by atoms with Crippen molar-refractivity contribution in [1.29, 1.82) is 0 Å². The molecule has 1 unspecified atom stereocenters. The monoisotopic (exact) mass is 192 g/mol. The number of carbonyl (C=O) groups is 1. The summed E-state index contributed by atoms with van der Waals surface area (Å²) in [5, 5.41) is -1.92. The van der Waals surface area contributed by atoms with E-state index in [0.717, 1.165) is 6.08 Å². The van der Waals surface area contributed by atoms with Crippen LogP contribution in [0.3, 0.4) is 0 Å². The minimum Gasteiger partial charge on any atom is -0.355 e. The minimum absolute atomic E-state index is 0.0577. The van der Waals surface area contributed by atoms with E-state index in [1.165, 1.54) is 0 Å². The van der Waals surface area contributed by atoms with E-state index >= 15 is 0 Å². The van der Waals surface area contributed by atoms with E-state index in [1.807, 2.05) is 0 Å². The standard InChI is InChI=1S/C6H9O5P/c1-2-5(7)6(3-4-11-6)12(8,9)10/h2H,1,3-4H2,(H2,8,9,10). The third-order valence-electron chi connectivity index (χ3n) is 1.82. The van der Waals surface area contributed by atoms with Crippen LogP contribution in [0.25, 0.3) is 0 Å². The summed E-state index contributed by atoms with van der Waals surface area (Å²) in [6.45, 7) is 3.35. The fourth-order valence-electron chi connectivity index (χ4n) is 1.02. The van der Waals surface area contributed by atoms with E-state index in [2.05, 4.69) is 11.3 Å². The highest BCUT2D eigenvalue weighted by molar-refractivity contribution is 7.54. The van der Waals surface area contributed by atoms with Gasteiger partial charge in [-0.1, -0.05) is 6.58 Å². The molecule has 1 saturated heterocycles. The van der Waals surface area contributed by atoms with Crippen molar-refractivity contribution in [3.8, 4) is 0 Å².